The molecule has 0 bridgehead atoms. The molecule has 4 heterocycles. The first-order chi connectivity index (χ1) is 12.7. The highest BCUT2D eigenvalue weighted by Gasteiger charge is 2.20. The van der Waals surface area contributed by atoms with Crippen LogP contribution in [-0.4, -0.2) is 53.5 Å². The van der Waals surface area contributed by atoms with Crippen LogP contribution in [0, 0.1) is 6.92 Å². The normalized spacial score (nSPS) is 15.1. The van der Waals surface area contributed by atoms with E-state index in [0.717, 1.165) is 43.5 Å². The maximum Gasteiger partial charge on any atom is 0.194 e. The summed E-state index contributed by atoms with van der Waals surface area (Å²) in [6.07, 6.45) is 2.10. The van der Waals surface area contributed by atoms with E-state index in [4.69, 9.17) is 4.98 Å². The van der Waals surface area contributed by atoms with Crippen LogP contribution in [0.3, 0.4) is 0 Å². The number of guanidine groups is 1. The number of imidazole rings is 1. The van der Waals surface area contributed by atoms with Crippen LogP contribution in [0.5, 0.6) is 0 Å². The van der Waals surface area contributed by atoms with Crippen LogP contribution in [0.4, 0.5) is 5.00 Å². The Labute approximate surface area is 180 Å². The third-order valence-electron chi connectivity index (χ3n) is 4.78. The van der Waals surface area contributed by atoms with Gasteiger partial charge in [0, 0.05) is 45.1 Å². The summed E-state index contributed by atoms with van der Waals surface area (Å²) < 4.78 is 2.12. The molecule has 8 heteroatoms. The highest BCUT2D eigenvalue weighted by atomic mass is 127. The third kappa shape index (κ3) is 4.37. The van der Waals surface area contributed by atoms with Crippen molar-refractivity contribution in [3.63, 3.8) is 0 Å². The lowest BCUT2D eigenvalue weighted by atomic mass is 10.3. The summed E-state index contributed by atoms with van der Waals surface area (Å²) in [4.78, 5) is 13.9. The van der Waals surface area contributed by atoms with Gasteiger partial charge in [0.2, 0.25) is 0 Å². The average molecular weight is 496 g/mol. The van der Waals surface area contributed by atoms with Gasteiger partial charge < -0.3 is 19.5 Å². The molecule has 0 atom stereocenters. The molecule has 0 saturated carbocycles. The Morgan fingerprint density at radius 1 is 1.19 bits per heavy atom. The Morgan fingerprint density at radius 3 is 2.67 bits per heavy atom. The van der Waals surface area contributed by atoms with Crippen molar-refractivity contribution in [1.82, 2.24) is 19.6 Å². The van der Waals surface area contributed by atoms with E-state index in [1.807, 2.05) is 19.2 Å². The van der Waals surface area contributed by atoms with Crippen molar-refractivity contribution >= 4 is 51.9 Å². The van der Waals surface area contributed by atoms with Gasteiger partial charge in [0.1, 0.15) is 5.65 Å². The van der Waals surface area contributed by atoms with Gasteiger partial charge in [-0.25, -0.2) is 4.98 Å². The number of thiophene rings is 1. The van der Waals surface area contributed by atoms with Gasteiger partial charge in [0.05, 0.1) is 17.2 Å². The zero-order chi connectivity index (χ0) is 17.9. The lowest BCUT2D eigenvalue weighted by molar-refractivity contribution is 0.373. The first kappa shape index (κ1) is 19.9. The molecule has 4 rings (SSSR count). The first-order valence-corrected chi connectivity index (χ1v) is 9.80. The van der Waals surface area contributed by atoms with Crippen LogP contribution < -0.4 is 10.2 Å². The minimum atomic E-state index is 0. The SMILES string of the molecule is CN=C(NCc1cn2c(C)cccc2n1)N1CCN(c2cccs2)CC1.I. The van der Waals surface area contributed by atoms with Crippen molar-refractivity contribution in [1.29, 1.82) is 0 Å². The highest BCUT2D eigenvalue weighted by molar-refractivity contribution is 14.0. The molecule has 1 saturated heterocycles. The molecule has 1 aliphatic rings. The fourth-order valence-corrected chi connectivity index (χ4v) is 4.16. The Hall–Kier alpha value is -1.81. The van der Waals surface area contributed by atoms with E-state index in [2.05, 4.69) is 61.2 Å². The highest BCUT2D eigenvalue weighted by Crippen LogP contribution is 2.22. The topological polar surface area (TPSA) is 48.2 Å². The molecule has 144 valence electrons. The summed E-state index contributed by atoms with van der Waals surface area (Å²) in [6, 6.07) is 10.5. The lowest BCUT2D eigenvalue weighted by Gasteiger charge is -2.36. The number of piperazine rings is 1. The number of aliphatic imine (C=N–C) groups is 1. The predicted octanol–water partition coefficient (Wildman–Crippen LogP) is 3.22. The van der Waals surface area contributed by atoms with E-state index in [9.17, 15) is 0 Å². The van der Waals surface area contributed by atoms with Crippen molar-refractivity contribution in [2.45, 2.75) is 13.5 Å². The van der Waals surface area contributed by atoms with Crippen molar-refractivity contribution in [3.05, 3.63) is 53.3 Å². The molecule has 0 spiro atoms. The number of fused-ring (bicyclic) bond motifs is 1. The molecule has 6 nitrogen and oxygen atoms in total. The molecule has 1 aliphatic heterocycles. The second-order valence-electron chi connectivity index (χ2n) is 6.45. The summed E-state index contributed by atoms with van der Waals surface area (Å²) in [5, 5.41) is 6.96. The Morgan fingerprint density at radius 2 is 2.00 bits per heavy atom. The fourth-order valence-electron chi connectivity index (χ4n) is 3.37. The van der Waals surface area contributed by atoms with Crippen LogP contribution in [-0.2, 0) is 6.54 Å². The van der Waals surface area contributed by atoms with Crippen LogP contribution in [0.1, 0.15) is 11.4 Å². The van der Waals surface area contributed by atoms with Gasteiger partial charge in [-0.1, -0.05) is 6.07 Å². The van der Waals surface area contributed by atoms with E-state index >= 15 is 0 Å². The second-order valence-corrected chi connectivity index (χ2v) is 7.38. The van der Waals surface area contributed by atoms with Crippen LogP contribution in [0.2, 0.25) is 0 Å². The van der Waals surface area contributed by atoms with Gasteiger partial charge >= 0.3 is 0 Å². The molecule has 1 fully saturated rings. The van der Waals surface area contributed by atoms with E-state index in [1.165, 1.54) is 10.7 Å². The number of anilines is 1. The number of aryl methyl sites for hydroxylation is 1. The molecular formula is C19H25IN6S. The molecule has 1 N–H and O–H groups in total. The number of nitrogens with zero attached hydrogens (tertiary/aromatic N) is 5. The average Bonchev–Trinajstić information content (AvgIpc) is 3.33. The molecule has 3 aromatic heterocycles. The number of halogens is 1. The first-order valence-electron chi connectivity index (χ1n) is 8.92. The predicted molar refractivity (Wildman–Crippen MR) is 124 cm³/mol. The monoisotopic (exact) mass is 496 g/mol. The van der Waals surface area contributed by atoms with Gasteiger partial charge in [0.25, 0.3) is 0 Å². The van der Waals surface area contributed by atoms with Crippen molar-refractivity contribution in [3.8, 4) is 0 Å². The fraction of sp³-hybridized carbons (Fsp3) is 0.368. The molecule has 0 aliphatic carbocycles. The molecule has 0 unspecified atom stereocenters. The zero-order valence-corrected chi connectivity index (χ0v) is 18.8. The standard InChI is InChI=1S/C19H24N6S.HI/c1-15-5-3-6-17-22-16(14-25(15)17)13-21-19(20-2)24-10-8-23(9-11-24)18-7-4-12-26-18;/h3-7,12,14H,8-11,13H2,1-2H3,(H,20,21);1H. The molecule has 0 radical (unpaired) electrons. The van der Waals surface area contributed by atoms with Gasteiger partial charge in [-0.2, -0.15) is 0 Å². The smallest absolute Gasteiger partial charge is 0.194 e. The van der Waals surface area contributed by atoms with E-state index < -0.39 is 0 Å². The zero-order valence-electron chi connectivity index (χ0n) is 15.6. The Kier molecular flexibility index (Phi) is 6.59. The van der Waals surface area contributed by atoms with Gasteiger partial charge in [0.15, 0.2) is 5.96 Å². The lowest BCUT2D eigenvalue weighted by Crippen LogP contribution is -2.52. The summed E-state index contributed by atoms with van der Waals surface area (Å²) in [5.74, 6) is 0.949. The maximum absolute atomic E-state index is 4.69. The van der Waals surface area contributed by atoms with E-state index in [-0.39, 0.29) is 24.0 Å². The van der Waals surface area contributed by atoms with E-state index in [1.54, 1.807) is 11.3 Å². The molecule has 0 aromatic carbocycles. The number of nitrogens with one attached hydrogen (secondary N) is 1. The number of hydrogen-bond acceptors (Lipinski definition) is 4. The van der Waals surface area contributed by atoms with E-state index in [0.29, 0.717) is 6.54 Å². The summed E-state index contributed by atoms with van der Waals surface area (Å²) in [5.41, 5.74) is 3.20. The Balaban J connectivity index is 0.00000210. The van der Waals surface area contributed by atoms with Crippen molar-refractivity contribution < 1.29 is 0 Å². The molecule has 0 amide bonds. The molecular weight excluding hydrogens is 471 g/mol. The van der Waals surface area contributed by atoms with Gasteiger partial charge in [-0.15, -0.1) is 35.3 Å². The van der Waals surface area contributed by atoms with Crippen molar-refractivity contribution in [2.24, 2.45) is 4.99 Å². The second kappa shape index (κ2) is 8.92. The number of pyridine rings is 1. The summed E-state index contributed by atoms with van der Waals surface area (Å²) in [6.45, 7) is 6.77. The minimum Gasteiger partial charge on any atom is -0.360 e. The summed E-state index contributed by atoms with van der Waals surface area (Å²) >= 11 is 1.81. The molecule has 27 heavy (non-hydrogen) atoms. The largest absolute Gasteiger partial charge is 0.360 e. The number of rotatable bonds is 3. The van der Waals surface area contributed by atoms with Gasteiger partial charge in [-0.3, -0.25) is 4.99 Å². The third-order valence-corrected chi connectivity index (χ3v) is 5.71. The van der Waals surface area contributed by atoms with Crippen LogP contribution in [0.15, 0.2) is 46.9 Å². The van der Waals surface area contributed by atoms with Crippen LogP contribution in [0.25, 0.3) is 5.65 Å². The number of aromatic nitrogens is 2. The van der Waals surface area contributed by atoms with Crippen molar-refractivity contribution in [2.75, 3.05) is 38.1 Å². The van der Waals surface area contributed by atoms with Gasteiger partial charge in [-0.05, 0) is 36.6 Å². The van der Waals surface area contributed by atoms with Crippen LogP contribution >= 0.6 is 35.3 Å². The summed E-state index contributed by atoms with van der Waals surface area (Å²) in [7, 11) is 1.85. The maximum atomic E-state index is 4.69. The molecule has 3 aromatic rings. The minimum absolute atomic E-state index is 0. The Bertz CT molecular complexity index is 896. The quantitative estimate of drug-likeness (QED) is 0.344. The number of hydrogen-bond donors (Lipinski definition) is 1.